The van der Waals surface area contributed by atoms with Gasteiger partial charge in [0, 0.05) is 19.4 Å². The zero-order valence-electron chi connectivity index (χ0n) is 12.1. The first-order valence-electron chi connectivity index (χ1n) is 6.59. The third-order valence-corrected chi connectivity index (χ3v) is 4.21. The zero-order chi connectivity index (χ0) is 16.0. The molecule has 8 heteroatoms. The molecule has 1 atom stereocenters. The maximum Gasteiger partial charge on any atom is 0.310 e. The number of nitrogens with zero attached hydrogens (tertiary/aromatic N) is 1. The molecule has 1 unspecified atom stereocenters. The summed E-state index contributed by atoms with van der Waals surface area (Å²) in [5.74, 6) is 0.170. The van der Waals surface area contributed by atoms with Crippen LogP contribution in [0.1, 0.15) is 19.8 Å². The summed E-state index contributed by atoms with van der Waals surface area (Å²) >= 11 is 0. The van der Waals surface area contributed by atoms with E-state index in [4.69, 9.17) is 5.11 Å². The molecule has 7 nitrogen and oxygen atoms in total. The van der Waals surface area contributed by atoms with Crippen LogP contribution in [0, 0.1) is 16.0 Å². The number of nitro groups is 1. The first-order chi connectivity index (χ1) is 9.77. The van der Waals surface area contributed by atoms with E-state index in [1.807, 2.05) is 6.92 Å². The van der Waals surface area contributed by atoms with Gasteiger partial charge in [-0.05, 0) is 30.9 Å². The molecule has 0 aliphatic carbocycles. The topological polar surface area (TPSA) is 110 Å². The van der Waals surface area contributed by atoms with Gasteiger partial charge in [0.1, 0.15) is 10.6 Å². The Bertz CT molecular complexity index is 601. The Kier molecular flexibility index (Phi) is 6.10. The average molecular weight is 316 g/mol. The number of hydrogen-bond donors (Lipinski definition) is 2. The average Bonchev–Trinajstić information content (AvgIpc) is 2.41. The van der Waals surface area contributed by atoms with E-state index >= 15 is 0 Å². The highest BCUT2D eigenvalue weighted by Gasteiger charge is 2.25. The second kappa shape index (κ2) is 7.37. The van der Waals surface area contributed by atoms with E-state index in [0.29, 0.717) is 6.54 Å². The van der Waals surface area contributed by atoms with Crippen LogP contribution in [0.5, 0.6) is 0 Å². The van der Waals surface area contributed by atoms with Crippen molar-refractivity contribution in [1.82, 2.24) is 0 Å². The van der Waals surface area contributed by atoms with Crippen LogP contribution < -0.4 is 5.32 Å². The summed E-state index contributed by atoms with van der Waals surface area (Å²) in [5.41, 5.74) is -0.227. The van der Waals surface area contributed by atoms with Crippen LogP contribution in [0.25, 0.3) is 0 Å². The van der Waals surface area contributed by atoms with Gasteiger partial charge in [0.05, 0.1) is 4.92 Å². The number of nitro benzene ring substituents is 1. The number of aliphatic hydroxyl groups excluding tert-OH is 1. The van der Waals surface area contributed by atoms with Gasteiger partial charge in [0.2, 0.25) is 0 Å². The fourth-order valence-electron chi connectivity index (χ4n) is 1.92. The maximum absolute atomic E-state index is 11.6. The number of sulfone groups is 1. The molecule has 0 spiro atoms. The molecule has 0 saturated heterocycles. The van der Waals surface area contributed by atoms with Gasteiger partial charge < -0.3 is 10.4 Å². The molecule has 0 heterocycles. The Hall–Kier alpha value is -1.67. The summed E-state index contributed by atoms with van der Waals surface area (Å²) in [4.78, 5) is 10.2. The minimum Gasteiger partial charge on any atom is -0.396 e. The van der Waals surface area contributed by atoms with Gasteiger partial charge in [-0.25, -0.2) is 8.42 Å². The van der Waals surface area contributed by atoms with E-state index in [-0.39, 0.29) is 23.1 Å². The van der Waals surface area contributed by atoms with Gasteiger partial charge >= 0.3 is 5.69 Å². The van der Waals surface area contributed by atoms with Gasteiger partial charge in [-0.2, -0.15) is 0 Å². The molecular weight excluding hydrogens is 296 g/mol. The number of hydrogen-bond acceptors (Lipinski definition) is 6. The highest BCUT2D eigenvalue weighted by molar-refractivity contribution is 7.90. The molecule has 1 aromatic carbocycles. The lowest BCUT2D eigenvalue weighted by Gasteiger charge is -2.11. The van der Waals surface area contributed by atoms with Gasteiger partial charge in [0.15, 0.2) is 9.84 Å². The van der Waals surface area contributed by atoms with E-state index < -0.39 is 20.4 Å². The van der Waals surface area contributed by atoms with E-state index in [1.54, 1.807) is 0 Å². The van der Waals surface area contributed by atoms with Gasteiger partial charge in [-0.15, -0.1) is 0 Å². The molecule has 0 bridgehead atoms. The number of nitrogens with one attached hydrogen (secondary N) is 1. The van der Waals surface area contributed by atoms with Crippen molar-refractivity contribution in [3.63, 3.8) is 0 Å². The molecule has 0 fully saturated rings. The smallest absolute Gasteiger partial charge is 0.310 e. The number of anilines is 1. The number of aliphatic hydroxyl groups is 1. The molecule has 0 aliphatic rings. The van der Waals surface area contributed by atoms with Crippen molar-refractivity contribution in [2.24, 2.45) is 5.92 Å². The molecule has 21 heavy (non-hydrogen) atoms. The summed E-state index contributed by atoms with van der Waals surface area (Å²) in [6.45, 7) is 2.48. The van der Waals surface area contributed by atoms with Crippen molar-refractivity contribution in [2.45, 2.75) is 24.7 Å². The zero-order valence-corrected chi connectivity index (χ0v) is 12.9. The lowest BCUT2D eigenvalue weighted by atomic mass is 10.1. The van der Waals surface area contributed by atoms with Crippen molar-refractivity contribution in [1.29, 1.82) is 0 Å². The number of para-hydroxylation sites is 1. The van der Waals surface area contributed by atoms with Crippen LogP contribution in [0.4, 0.5) is 11.4 Å². The number of benzene rings is 1. The monoisotopic (exact) mass is 316 g/mol. The van der Waals surface area contributed by atoms with E-state index in [2.05, 4.69) is 5.32 Å². The van der Waals surface area contributed by atoms with Crippen molar-refractivity contribution >= 4 is 21.2 Å². The van der Waals surface area contributed by atoms with Crippen LogP contribution >= 0.6 is 0 Å². The summed E-state index contributed by atoms with van der Waals surface area (Å²) in [5, 5.41) is 23.0. The Balaban J connectivity index is 2.90. The quantitative estimate of drug-likeness (QED) is 0.430. The van der Waals surface area contributed by atoms with Crippen molar-refractivity contribution in [2.75, 3.05) is 24.7 Å². The highest BCUT2D eigenvalue weighted by Crippen LogP contribution is 2.31. The normalized spacial score (nSPS) is 12.9. The summed E-state index contributed by atoms with van der Waals surface area (Å²) in [7, 11) is -3.66. The van der Waals surface area contributed by atoms with Crippen LogP contribution in [0.3, 0.4) is 0 Å². The SMILES string of the molecule is CC(CO)CCCNc1cccc(S(C)(=O)=O)c1[N+](=O)[O-]. The Morgan fingerprint density at radius 2 is 2.10 bits per heavy atom. The van der Waals surface area contributed by atoms with Gasteiger partial charge in [0.25, 0.3) is 0 Å². The van der Waals surface area contributed by atoms with E-state index in [0.717, 1.165) is 19.1 Å². The molecule has 0 amide bonds. The largest absolute Gasteiger partial charge is 0.396 e. The van der Waals surface area contributed by atoms with Gasteiger partial charge in [-0.3, -0.25) is 10.1 Å². The molecule has 0 aromatic heterocycles. The molecule has 1 rings (SSSR count). The summed E-state index contributed by atoms with van der Waals surface area (Å²) in [6.07, 6.45) is 2.45. The molecular formula is C13H20N2O5S. The third kappa shape index (κ3) is 4.98. The Morgan fingerprint density at radius 3 is 2.62 bits per heavy atom. The lowest BCUT2D eigenvalue weighted by molar-refractivity contribution is -0.386. The Labute approximate surface area is 124 Å². The summed E-state index contributed by atoms with van der Waals surface area (Å²) < 4.78 is 23.2. The summed E-state index contributed by atoms with van der Waals surface area (Å²) in [6, 6.07) is 4.19. The molecule has 0 saturated carbocycles. The van der Waals surface area contributed by atoms with Gasteiger partial charge in [-0.1, -0.05) is 13.0 Å². The molecule has 1 aromatic rings. The van der Waals surface area contributed by atoms with Crippen LogP contribution in [-0.2, 0) is 9.84 Å². The second-order valence-electron chi connectivity index (χ2n) is 5.04. The molecule has 0 aliphatic heterocycles. The second-order valence-corrected chi connectivity index (χ2v) is 7.02. The molecule has 0 radical (unpaired) electrons. The lowest BCUT2D eigenvalue weighted by Crippen LogP contribution is -2.10. The van der Waals surface area contributed by atoms with Crippen LogP contribution in [0.2, 0.25) is 0 Å². The minimum atomic E-state index is -3.66. The van der Waals surface area contributed by atoms with Crippen molar-refractivity contribution in [3.8, 4) is 0 Å². The molecule has 118 valence electrons. The maximum atomic E-state index is 11.6. The first-order valence-corrected chi connectivity index (χ1v) is 8.48. The van der Waals surface area contributed by atoms with Crippen LogP contribution in [-0.4, -0.2) is 37.9 Å². The fourth-order valence-corrected chi connectivity index (χ4v) is 2.78. The Morgan fingerprint density at radius 1 is 1.43 bits per heavy atom. The first kappa shape index (κ1) is 17.4. The van der Waals surface area contributed by atoms with Crippen molar-refractivity contribution in [3.05, 3.63) is 28.3 Å². The third-order valence-electron chi connectivity index (χ3n) is 3.08. The predicted molar refractivity (Wildman–Crippen MR) is 80.2 cm³/mol. The van der Waals surface area contributed by atoms with Crippen LogP contribution in [0.15, 0.2) is 23.1 Å². The van der Waals surface area contributed by atoms with E-state index in [9.17, 15) is 18.5 Å². The molecule has 2 N–H and O–H groups in total. The van der Waals surface area contributed by atoms with Crippen molar-refractivity contribution < 1.29 is 18.4 Å². The van der Waals surface area contributed by atoms with E-state index in [1.165, 1.54) is 18.2 Å². The minimum absolute atomic E-state index is 0.101. The number of rotatable bonds is 8. The highest BCUT2D eigenvalue weighted by atomic mass is 32.2. The predicted octanol–water partition coefficient (Wildman–Crippen LogP) is 1.82. The fraction of sp³-hybridized carbons (Fsp3) is 0.538. The standard InChI is InChI=1S/C13H20N2O5S/c1-10(9-16)5-4-8-14-11-6-3-7-12(21(2,19)20)13(11)15(17)18/h3,6-7,10,14,16H,4-5,8-9H2,1-2H3.